The third-order valence-electron chi connectivity index (χ3n) is 2.24. The zero-order valence-electron chi connectivity index (χ0n) is 9.94. The highest BCUT2D eigenvalue weighted by molar-refractivity contribution is 7.79. The third-order valence-corrected chi connectivity index (χ3v) is 2.80. The lowest BCUT2D eigenvalue weighted by Gasteiger charge is -2.03. The molecule has 0 fully saturated rings. The number of ether oxygens (including phenoxy) is 1. The third kappa shape index (κ3) is 11.7. The first kappa shape index (κ1) is 15.6. The van der Waals surface area contributed by atoms with Gasteiger partial charge in [-0.15, -0.1) is 0 Å². The zero-order chi connectivity index (χ0) is 12.2. The van der Waals surface area contributed by atoms with Crippen molar-refractivity contribution in [3.63, 3.8) is 0 Å². The van der Waals surface area contributed by atoms with Gasteiger partial charge in [0.15, 0.2) is 11.1 Å². The molecule has 0 aromatic carbocycles. The Hall–Kier alpha value is -0.420. The van der Waals surface area contributed by atoms with Gasteiger partial charge < -0.3 is 9.29 Å². The molecule has 1 atom stereocenters. The summed E-state index contributed by atoms with van der Waals surface area (Å²) in [6.45, 7) is 2.61. The van der Waals surface area contributed by atoms with E-state index in [0.29, 0.717) is 6.61 Å². The highest BCUT2D eigenvalue weighted by Crippen LogP contribution is 2.05. The molecular formula is C11H22O4S. The van der Waals surface area contributed by atoms with Crippen LogP contribution in [0.1, 0.15) is 51.9 Å². The molecule has 0 saturated carbocycles. The molecule has 16 heavy (non-hydrogen) atoms. The molecule has 1 unspecified atom stereocenters. The van der Waals surface area contributed by atoms with E-state index in [9.17, 15) is 9.00 Å². The van der Waals surface area contributed by atoms with E-state index in [2.05, 4.69) is 6.92 Å². The van der Waals surface area contributed by atoms with Crippen LogP contribution in [-0.2, 0) is 20.6 Å². The van der Waals surface area contributed by atoms with Gasteiger partial charge in [0, 0.05) is 0 Å². The Balaban J connectivity index is 3.18. The van der Waals surface area contributed by atoms with Crippen molar-refractivity contribution >= 4 is 17.0 Å². The Bertz CT molecular complexity index is 206. The van der Waals surface area contributed by atoms with Crippen LogP contribution in [0.15, 0.2) is 0 Å². The molecule has 5 heteroatoms. The number of unbranched alkanes of at least 4 members (excludes halogenated alkanes) is 5. The second-order valence-corrected chi connectivity index (χ2v) is 4.82. The predicted octanol–water partition coefficient (Wildman–Crippen LogP) is 2.50. The fourth-order valence-electron chi connectivity index (χ4n) is 1.31. The molecule has 0 aromatic rings. The van der Waals surface area contributed by atoms with Crippen LogP contribution in [0.2, 0.25) is 0 Å². The summed E-state index contributed by atoms with van der Waals surface area (Å²) in [5.41, 5.74) is 0. The van der Waals surface area contributed by atoms with Crippen molar-refractivity contribution in [2.45, 2.75) is 51.9 Å². The minimum atomic E-state index is -1.90. The largest absolute Gasteiger partial charge is 0.466 e. The van der Waals surface area contributed by atoms with E-state index in [-0.39, 0.29) is 18.1 Å². The van der Waals surface area contributed by atoms with Crippen molar-refractivity contribution < 1.29 is 18.3 Å². The fourth-order valence-corrected chi connectivity index (χ4v) is 1.65. The smallest absolute Gasteiger partial charge is 0.306 e. The number of rotatable bonds is 10. The molecule has 4 nitrogen and oxygen atoms in total. The minimum Gasteiger partial charge on any atom is -0.466 e. The van der Waals surface area contributed by atoms with Gasteiger partial charge in [-0.2, -0.15) is 0 Å². The first-order valence-corrected chi connectivity index (χ1v) is 7.17. The number of hydrogen-bond acceptors (Lipinski definition) is 3. The average molecular weight is 250 g/mol. The number of carbonyl (C=O) groups is 1. The first-order chi connectivity index (χ1) is 7.66. The summed E-state index contributed by atoms with van der Waals surface area (Å²) < 4.78 is 23.7. The highest BCUT2D eigenvalue weighted by atomic mass is 32.2. The molecule has 0 aromatic heterocycles. The van der Waals surface area contributed by atoms with Crippen LogP contribution < -0.4 is 0 Å². The molecule has 0 heterocycles. The molecule has 96 valence electrons. The lowest BCUT2D eigenvalue weighted by molar-refractivity contribution is -0.143. The van der Waals surface area contributed by atoms with Crippen LogP contribution >= 0.6 is 0 Å². The number of carbonyl (C=O) groups excluding carboxylic acids is 1. The van der Waals surface area contributed by atoms with E-state index >= 15 is 0 Å². The lowest BCUT2D eigenvalue weighted by Crippen LogP contribution is -2.09. The van der Waals surface area contributed by atoms with Crippen LogP contribution in [-0.4, -0.2) is 27.1 Å². The van der Waals surface area contributed by atoms with Crippen molar-refractivity contribution in [2.24, 2.45) is 0 Å². The topological polar surface area (TPSA) is 63.6 Å². The maximum atomic E-state index is 11.0. The van der Waals surface area contributed by atoms with Gasteiger partial charge in [0.2, 0.25) is 0 Å². The van der Waals surface area contributed by atoms with E-state index in [4.69, 9.17) is 9.29 Å². The van der Waals surface area contributed by atoms with Gasteiger partial charge in [-0.1, -0.05) is 39.0 Å². The highest BCUT2D eigenvalue weighted by Gasteiger charge is 2.04. The second-order valence-electron chi connectivity index (χ2n) is 3.76. The van der Waals surface area contributed by atoms with E-state index < -0.39 is 11.1 Å². The maximum absolute atomic E-state index is 11.0. The van der Waals surface area contributed by atoms with Crippen LogP contribution in [0.5, 0.6) is 0 Å². The standard InChI is InChI=1S/C11H22O4S/c1-2-3-4-5-6-7-9-15-11(12)8-10-16(13)14/h2-10H2,1H3,(H,13,14). The molecule has 1 N–H and O–H groups in total. The van der Waals surface area contributed by atoms with E-state index in [1.54, 1.807) is 0 Å². The maximum Gasteiger partial charge on any atom is 0.306 e. The molecule has 0 radical (unpaired) electrons. The molecule has 0 saturated heterocycles. The molecule has 0 aliphatic rings. The van der Waals surface area contributed by atoms with Gasteiger partial charge in [-0.05, 0) is 6.42 Å². The van der Waals surface area contributed by atoms with Crippen molar-refractivity contribution in [2.75, 3.05) is 12.4 Å². The molecule has 0 amide bonds. The van der Waals surface area contributed by atoms with Gasteiger partial charge in [-0.3, -0.25) is 4.79 Å². The Labute approximate surface area is 100 Å². The number of hydrogen-bond donors (Lipinski definition) is 1. The Kier molecular flexibility index (Phi) is 10.8. The second kappa shape index (κ2) is 11.1. The zero-order valence-corrected chi connectivity index (χ0v) is 10.8. The van der Waals surface area contributed by atoms with E-state index in [0.717, 1.165) is 12.8 Å². The fraction of sp³-hybridized carbons (Fsp3) is 0.909. The van der Waals surface area contributed by atoms with Gasteiger partial charge in [0.05, 0.1) is 18.8 Å². The Morgan fingerprint density at radius 3 is 2.44 bits per heavy atom. The molecule has 0 aliphatic carbocycles. The van der Waals surface area contributed by atoms with Crippen molar-refractivity contribution in [3.8, 4) is 0 Å². The average Bonchev–Trinajstić information content (AvgIpc) is 2.25. The molecule has 0 rings (SSSR count). The van der Waals surface area contributed by atoms with Gasteiger partial charge >= 0.3 is 5.97 Å². The summed E-state index contributed by atoms with van der Waals surface area (Å²) >= 11 is -1.90. The van der Waals surface area contributed by atoms with Crippen molar-refractivity contribution in [1.29, 1.82) is 0 Å². The van der Waals surface area contributed by atoms with Crippen LogP contribution in [0.4, 0.5) is 0 Å². The molecule has 0 aliphatic heterocycles. The molecule has 0 bridgehead atoms. The van der Waals surface area contributed by atoms with Gasteiger partial charge in [-0.25, -0.2) is 4.21 Å². The lowest BCUT2D eigenvalue weighted by atomic mass is 10.1. The van der Waals surface area contributed by atoms with Gasteiger partial charge in [0.1, 0.15) is 0 Å². The SMILES string of the molecule is CCCCCCCCOC(=O)CCS(=O)O. The van der Waals surface area contributed by atoms with Crippen molar-refractivity contribution in [1.82, 2.24) is 0 Å². The quantitative estimate of drug-likeness (QED) is 0.367. The van der Waals surface area contributed by atoms with E-state index in [1.807, 2.05) is 0 Å². The van der Waals surface area contributed by atoms with Gasteiger partial charge in [0.25, 0.3) is 0 Å². The summed E-state index contributed by atoms with van der Waals surface area (Å²) in [5.74, 6) is -0.411. The summed E-state index contributed by atoms with van der Waals surface area (Å²) in [7, 11) is 0. The molecular weight excluding hydrogens is 228 g/mol. The van der Waals surface area contributed by atoms with Crippen LogP contribution in [0.25, 0.3) is 0 Å². The minimum absolute atomic E-state index is 0.0267. The predicted molar refractivity (Wildman–Crippen MR) is 64.6 cm³/mol. The summed E-state index contributed by atoms with van der Waals surface area (Å²) in [5, 5.41) is 0. The monoisotopic (exact) mass is 250 g/mol. The Morgan fingerprint density at radius 2 is 1.81 bits per heavy atom. The summed E-state index contributed by atoms with van der Waals surface area (Å²) in [4.78, 5) is 11.0. The Morgan fingerprint density at radius 1 is 1.19 bits per heavy atom. The first-order valence-electron chi connectivity index (χ1n) is 5.90. The van der Waals surface area contributed by atoms with Crippen LogP contribution in [0.3, 0.4) is 0 Å². The summed E-state index contributed by atoms with van der Waals surface area (Å²) in [6.07, 6.45) is 6.92. The van der Waals surface area contributed by atoms with Crippen LogP contribution in [0, 0.1) is 0 Å². The van der Waals surface area contributed by atoms with E-state index in [1.165, 1.54) is 25.7 Å². The molecule has 0 spiro atoms. The van der Waals surface area contributed by atoms with Crippen molar-refractivity contribution in [3.05, 3.63) is 0 Å². The summed E-state index contributed by atoms with van der Waals surface area (Å²) in [6, 6.07) is 0. The number of esters is 1. The normalized spacial score (nSPS) is 12.4.